The fraction of sp³-hybridized carbons (Fsp3) is 0.867. The number of carbonyl (C=O) groups excluding carboxylic acids is 2. The third kappa shape index (κ3) is 2.05. The molecule has 0 amide bonds. The number of carbonyl (C=O) groups is 2. The van der Waals surface area contributed by atoms with Crippen molar-refractivity contribution in [2.75, 3.05) is 14.2 Å². The minimum absolute atomic E-state index is 0.115. The highest BCUT2D eigenvalue weighted by atomic mass is 16.5. The first-order valence-electron chi connectivity index (χ1n) is 7.28. The Hall–Kier alpha value is -1.06. The second-order valence-electron chi connectivity index (χ2n) is 5.91. The Morgan fingerprint density at radius 2 is 1.79 bits per heavy atom. The normalized spacial score (nSPS) is 31.8. The highest BCUT2D eigenvalue weighted by Crippen LogP contribution is 2.59. The van der Waals surface area contributed by atoms with E-state index in [0.717, 1.165) is 32.1 Å². The average Bonchev–Trinajstić information content (AvgIpc) is 3.00. The summed E-state index contributed by atoms with van der Waals surface area (Å²) in [6, 6.07) is 0. The van der Waals surface area contributed by atoms with E-state index in [-0.39, 0.29) is 5.92 Å². The van der Waals surface area contributed by atoms with Gasteiger partial charge in [-0.05, 0) is 37.0 Å². The maximum absolute atomic E-state index is 12.3. The first-order valence-corrected chi connectivity index (χ1v) is 7.28. The van der Waals surface area contributed by atoms with Crippen molar-refractivity contribution in [2.24, 2.45) is 23.2 Å². The highest BCUT2D eigenvalue weighted by molar-refractivity contribution is 6.01. The molecule has 4 heteroatoms. The minimum atomic E-state index is -1.04. The summed E-state index contributed by atoms with van der Waals surface area (Å²) >= 11 is 0. The Morgan fingerprint density at radius 1 is 1.16 bits per heavy atom. The molecule has 2 aliphatic rings. The van der Waals surface area contributed by atoms with Crippen LogP contribution in [-0.4, -0.2) is 26.2 Å². The first kappa shape index (κ1) is 14.4. The lowest BCUT2D eigenvalue weighted by Crippen LogP contribution is -2.44. The molecule has 0 radical (unpaired) electrons. The third-order valence-electron chi connectivity index (χ3n) is 5.15. The molecule has 0 aromatic rings. The fourth-order valence-electron chi connectivity index (χ4n) is 4.49. The van der Waals surface area contributed by atoms with E-state index in [1.807, 2.05) is 0 Å². The van der Waals surface area contributed by atoms with E-state index < -0.39 is 17.4 Å². The zero-order valence-corrected chi connectivity index (χ0v) is 12.1. The Kier molecular flexibility index (Phi) is 4.16. The topological polar surface area (TPSA) is 52.6 Å². The maximum atomic E-state index is 12.3. The van der Waals surface area contributed by atoms with Gasteiger partial charge in [0.15, 0.2) is 5.41 Å². The van der Waals surface area contributed by atoms with Gasteiger partial charge in [-0.15, -0.1) is 0 Å². The lowest BCUT2D eigenvalue weighted by atomic mass is 9.76. The van der Waals surface area contributed by atoms with Crippen LogP contribution in [0.5, 0.6) is 0 Å². The number of esters is 2. The van der Waals surface area contributed by atoms with E-state index >= 15 is 0 Å². The number of methoxy groups -OCH3 is 2. The third-order valence-corrected chi connectivity index (χ3v) is 5.15. The molecule has 2 aliphatic carbocycles. The van der Waals surface area contributed by atoms with Gasteiger partial charge in [0.25, 0.3) is 0 Å². The van der Waals surface area contributed by atoms with Crippen molar-refractivity contribution in [3.8, 4) is 0 Å². The van der Waals surface area contributed by atoms with Crippen LogP contribution in [0.15, 0.2) is 0 Å². The maximum Gasteiger partial charge on any atom is 0.323 e. The van der Waals surface area contributed by atoms with E-state index in [2.05, 4.69) is 6.92 Å². The number of rotatable bonds is 4. The van der Waals surface area contributed by atoms with Gasteiger partial charge in [0.2, 0.25) is 0 Å². The average molecular weight is 268 g/mol. The van der Waals surface area contributed by atoms with Crippen LogP contribution in [0.25, 0.3) is 0 Å². The molecule has 0 aliphatic heterocycles. The van der Waals surface area contributed by atoms with Crippen LogP contribution >= 0.6 is 0 Å². The molecule has 108 valence electrons. The van der Waals surface area contributed by atoms with Crippen LogP contribution in [0, 0.1) is 23.2 Å². The van der Waals surface area contributed by atoms with Crippen molar-refractivity contribution in [2.45, 2.75) is 45.4 Å². The molecule has 2 fully saturated rings. The van der Waals surface area contributed by atoms with Crippen LogP contribution in [0.1, 0.15) is 45.4 Å². The Labute approximate surface area is 114 Å². The lowest BCUT2D eigenvalue weighted by molar-refractivity contribution is -0.172. The van der Waals surface area contributed by atoms with E-state index in [0.29, 0.717) is 18.3 Å². The summed E-state index contributed by atoms with van der Waals surface area (Å²) in [5.74, 6) is 0.266. The fourth-order valence-corrected chi connectivity index (χ4v) is 4.49. The van der Waals surface area contributed by atoms with Gasteiger partial charge >= 0.3 is 11.9 Å². The smallest absolute Gasteiger partial charge is 0.323 e. The largest absolute Gasteiger partial charge is 0.468 e. The summed E-state index contributed by atoms with van der Waals surface area (Å²) in [5.41, 5.74) is -1.04. The SMILES string of the molecule is CCC[C@H]1CC(C(=O)OC)(C(=O)OC)[C@@H]2CCC[C@H]12. The van der Waals surface area contributed by atoms with Gasteiger partial charge in [0.05, 0.1) is 14.2 Å². The summed E-state index contributed by atoms with van der Waals surface area (Å²) in [5, 5.41) is 0. The first-order chi connectivity index (χ1) is 9.11. The number of ether oxygens (including phenoxy) is 2. The Bertz CT molecular complexity index is 347. The summed E-state index contributed by atoms with van der Waals surface area (Å²) in [7, 11) is 2.73. The van der Waals surface area contributed by atoms with E-state index in [1.54, 1.807) is 0 Å². The van der Waals surface area contributed by atoms with Crippen LogP contribution in [-0.2, 0) is 19.1 Å². The molecule has 0 N–H and O–H groups in total. The predicted molar refractivity (Wildman–Crippen MR) is 70.3 cm³/mol. The van der Waals surface area contributed by atoms with Crippen molar-refractivity contribution < 1.29 is 19.1 Å². The van der Waals surface area contributed by atoms with Gasteiger partial charge in [-0.25, -0.2) is 0 Å². The summed E-state index contributed by atoms with van der Waals surface area (Å²) in [4.78, 5) is 24.6. The highest BCUT2D eigenvalue weighted by Gasteiger charge is 2.64. The Morgan fingerprint density at radius 3 is 2.32 bits per heavy atom. The van der Waals surface area contributed by atoms with Crippen molar-refractivity contribution in [3.63, 3.8) is 0 Å². The molecule has 0 bridgehead atoms. The monoisotopic (exact) mass is 268 g/mol. The predicted octanol–water partition coefficient (Wildman–Crippen LogP) is 2.56. The Balaban J connectivity index is 2.37. The van der Waals surface area contributed by atoms with Gasteiger partial charge in [0.1, 0.15) is 0 Å². The summed E-state index contributed by atoms with van der Waals surface area (Å²) < 4.78 is 9.91. The van der Waals surface area contributed by atoms with Crippen LogP contribution in [0.2, 0.25) is 0 Å². The van der Waals surface area contributed by atoms with E-state index in [1.165, 1.54) is 14.2 Å². The van der Waals surface area contributed by atoms with Gasteiger partial charge in [-0.2, -0.15) is 0 Å². The zero-order chi connectivity index (χ0) is 14.0. The quantitative estimate of drug-likeness (QED) is 0.581. The van der Waals surface area contributed by atoms with E-state index in [9.17, 15) is 9.59 Å². The second-order valence-corrected chi connectivity index (χ2v) is 5.91. The van der Waals surface area contributed by atoms with Gasteiger partial charge in [0, 0.05) is 0 Å². The molecule has 4 nitrogen and oxygen atoms in total. The van der Waals surface area contributed by atoms with Crippen LogP contribution in [0.3, 0.4) is 0 Å². The lowest BCUT2D eigenvalue weighted by Gasteiger charge is -2.29. The van der Waals surface area contributed by atoms with Crippen molar-refractivity contribution in [1.82, 2.24) is 0 Å². The molecule has 3 atom stereocenters. The second kappa shape index (κ2) is 5.51. The number of hydrogen-bond acceptors (Lipinski definition) is 4. The molecule has 0 aromatic heterocycles. The van der Waals surface area contributed by atoms with Crippen LogP contribution in [0.4, 0.5) is 0 Å². The van der Waals surface area contributed by atoms with Crippen molar-refractivity contribution in [1.29, 1.82) is 0 Å². The number of hydrogen-bond donors (Lipinski definition) is 0. The molecule has 2 saturated carbocycles. The standard InChI is InChI=1S/C15H24O4/c1-4-6-10-9-15(13(16)18-2,14(17)19-3)12-8-5-7-11(10)12/h10-12H,4-9H2,1-3H3/t10-,11+,12+/m0/s1. The van der Waals surface area contributed by atoms with Gasteiger partial charge < -0.3 is 9.47 Å². The molecule has 2 rings (SSSR count). The van der Waals surface area contributed by atoms with Crippen molar-refractivity contribution >= 4 is 11.9 Å². The molecule has 19 heavy (non-hydrogen) atoms. The van der Waals surface area contributed by atoms with E-state index in [4.69, 9.17) is 9.47 Å². The summed E-state index contributed by atoms with van der Waals surface area (Å²) in [6.45, 7) is 2.15. The molecular weight excluding hydrogens is 244 g/mol. The van der Waals surface area contributed by atoms with Gasteiger partial charge in [-0.1, -0.05) is 26.2 Å². The molecule has 0 aromatic carbocycles. The number of fused-ring (bicyclic) bond motifs is 1. The molecular formula is C15H24O4. The molecule has 0 saturated heterocycles. The zero-order valence-electron chi connectivity index (χ0n) is 12.1. The van der Waals surface area contributed by atoms with Gasteiger partial charge in [-0.3, -0.25) is 9.59 Å². The van der Waals surface area contributed by atoms with Crippen molar-refractivity contribution in [3.05, 3.63) is 0 Å². The summed E-state index contributed by atoms with van der Waals surface area (Å²) in [6.07, 6.45) is 5.95. The molecule has 0 spiro atoms. The van der Waals surface area contributed by atoms with Crippen LogP contribution < -0.4 is 0 Å². The minimum Gasteiger partial charge on any atom is -0.468 e. The molecule has 0 heterocycles. The molecule has 0 unspecified atom stereocenters.